The number of nitrogens with zero attached hydrogens (tertiary/aromatic N) is 2. The normalized spacial score (nSPS) is 11.0. The zero-order valence-electron chi connectivity index (χ0n) is 12.5. The van der Waals surface area contributed by atoms with Crippen LogP contribution in [0.1, 0.15) is 5.69 Å². The SMILES string of the molecule is Cc1cccc2nc(-c3ccco3)c(Nc3ccc(F)cc3)n12. The van der Waals surface area contributed by atoms with Gasteiger partial charge in [0.25, 0.3) is 0 Å². The predicted octanol–water partition coefficient (Wildman–Crippen LogP) is 4.79. The summed E-state index contributed by atoms with van der Waals surface area (Å²) in [5, 5.41) is 3.33. The van der Waals surface area contributed by atoms with E-state index in [1.807, 2.05) is 41.7 Å². The molecule has 1 N–H and O–H groups in total. The molecule has 0 spiro atoms. The summed E-state index contributed by atoms with van der Waals surface area (Å²) in [6.07, 6.45) is 1.62. The summed E-state index contributed by atoms with van der Waals surface area (Å²) in [5.41, 5.74) is 3.36. The lowest BCUT2D eigenvalue weighted by Crippen LogP contribution is -1.99. The minimum Gasteiger partial charge on any atom is -0.463 e. The van der Waals surface area contributed by atoms with Crippen molar-refractivity contribution in [1.82, 2.24) is 9.38 Å². The van der Waals surface area contributed by atoms with Crippen LogP contribution in [0.15, 0.2) is 65.3 Å². The number of rotatable bonds is 3. The van der Waals surface area contributed by atoms with Gasteiger partial charge in [0.15, 0.2) is 5.76 Å². The molecule has 1 aromatic carbocycles. The topological polar surface area (TPSA) is 42.5 Å². The number of fused-ring (bicyclic) bond motifs is 1. The summed E-state index contributed by atoms with van der Waals surface area (Å²) in [5.74, 6) is 1.20. The molecule has 5 heteroatoms. The number of nitrogens with one attached hydrogen (secondary N) is 1. The molecular formula is C18H14FN3O. The van der Waals surface area contributed by atoms with E-state index in [9.17, 15) is 4.39 Å². The molecule has 0 aliphatic carbocycles. The molecule has 3 aromatic heterocycles. The highest BCUT2D eigenvalue weighted by atomic mass is 19.1. The summed E-state index contributed by atoms with van der Waals surface area (Å²) >= 11 is 0. The number of anilines is 2. The van der Waals surface area contributed by atoms with Crippen molar-refractivity contribution in [1.29, 1.82) is 0 Å². The Labute approximate surface area is 132 Å². The van der Waals surface area contributed by atoms with Crippen molar-refractivity contribution >= 4 is 17.2 Å². The van der Waals surface area contributed by atoms with Gasteiger partial charge in [-0.25, -0.2) is 9.37 Å². The van der Waals surface area contributed by atoms with Crippen LogP contribution in [-0.2, 0) is 0 Å². The number of pyridine rings is 1. The average molecular weight is 307 g/mol. The number of halogens is 1. The first-order chi connectivity index (χ1) is 11.2. The van der Waals surface area contributed by atoms with Gasteiger partial charge in [0.05, 0.1) is 6.26 Å². The first-order valence-corrected chi connectivity index (χ1v) is 7.27. The summed E-state index contributed by atoms with van der Waals surface area (Å²) in [6.45, 7) is 2.01. The van der Waals surface area contributed by atoms with E-state index in [-0.39, 0.29) is 5.82 Å². The lowest BCUT2D eigenvalue weighted by atomic mass is 10.3. The molecule has 0 amide bonds. The number of hydrogen-bond donors (Lipinski definition) is 1. The van der Waals surface area contributed by atoms with Crippen molar-refractivity contribution in [3.63, 3.8) is 0 Å². The zero-order valence-corrected chi connectivity index (χ0v) is 12.5. The Kier molecular flexibility index (Phi) is 3.12. The van der Waals surface area contributed by atoms with Crippen LogP contribution in [0.5, 0.6) is 0 Å². The summed E-state index contributed by atoms with van der Waals surface area (Å²) in [4.78, 5) is 4.66. The molecule has 0 saturated carbocycles. The highest BCUT2D eigenvalue weighted by molar-refractivity contribution is 5.77. The lowest BCUT2D eigenvalue weighted by Gasteiger charge is -2.09. The molecular weight excluding hydrogens is 293 g/mol. The minimum absolute atomic E-state index is 0.267. The minimum atomic E-state index is -0.267. The quantitative estimate of drug-likeness (QED) is 0.592. The van der Waals surface area contributed by atoms with E-state index in [0.717, 1.165) is 22.8 Å². The van der Waals surface area contributed by atoms with E-state index in [2.05, 4.69) is 10.3 Å². The molecule has 4 rings (SSSR count). The lowest BCUT2D eigenvalue weighted by molar-refractivity contribution is 0.581. The highest BCUT2D eigenvalue weighted by Gasteiger charge is 2.17. The number of imidazole rings is 1. The van der Waals surface area contributed by atoms with Gasteiger partial charge in [-0.1, -0.05) is 6.07 Å². The third kappa shape index (κ3) is 2.36. The maximum absolute atomic E-state index is 13.1. The van der Waals surface area contributed by atoms with Crippen LogP contribution >= 0.6 is 0 Å². The molecule has 0 fully saturated rings. The summed E-state index contributed by atoms with van der Waals surface area (Å²) in [6, 6.07) is 15.8. The number of aromatic nitrogens is 2. The van der Waals surface area contributed by atoms with E-state index in [0.29, 0.717) is 11.5 Å². The van der Waals surface area contributed by atoms with Crippen LogP contribution < -0.4 is 5.32 Å². The number of benzene rings is 1. The molecule has 0 aliphatic rings. The van der Waals surface area contributed by atoms with Crippen LogP contribution in [0.2, 0.25) is 0 Å². The smallest absolute Gasteiger partial charge is 0.156 e. The van der Waals surface area contributed by atoms with Crippen molar-refractivity contribution in [2.75, 3.05) is 5.32 Å². The standard InChI is InChI=1S/C18H14FN3O/c1-12-4-2-6-16-21-17(15-5-3-11-23-15)18(22(12)16)20-14-9-7-13(19)8-10-14/h2-11,20H,1H3. The van der Waals surface area contributed by atoms with Gasteiger partial charge in [-0.2, -0.15) is 0 Å². The Morgan fingerprint density at radius 2 is 1.87 bits per heavy atom. The van der Waals surface area contributed by atoms with Crippen molar-refractivity contribution in [3.05, 3.63) is 72.4 Å². The van der Waals surface area contributed by atoms with Crippen LogP contribution in [0, 0.1) is 12.7 Å². The van der Waals surface area contributed by atoms with Gasteiger partial charge in [0, 0.05) is 11.4 Å². The van der Waals surface area contributed by atoms with Gasteiger partial charge in [-0.05, 0) is 55.5 Å². The molecule has 4 nitrogen and oxygen atoms in total. The number of hydrogen-bond acceptors (Lipinski definition) is 3. The Balaban J connectivity index is 1.91. The first kappa shape index (κ1) is 13.6. The third-order valence-electron chi connectivity index (χ3n) is 3.70. The van der Waals surface area contributed by atoms with Gasteiger partial charge >= 0.3 is 0 Å². The van der Waals surface area contributed by atoms with Crippen LogP contribution in [0.3, 0.4) is 0 Å². The van der Waals surface area contributed by atoms with E-state index in [4.69, 9.17) is 4.42 Å². The van der Waals surface area contributed by atoms with Gasteiger partial charge in [0.2, 0.25) is 0 Å². The maximum atomic E-state index is 13.1. The van der Waals surface area contributed by atoms with E-state index in [1.54, 1.807) is 18.4 Å². The van der Waals surface area contributed by atoms with Gasteiger partial charge < -0.3 is 9.73 Å². The van der Waals surface area contributed by atoms with Crippen molar-refractivity contribution in [3.8, 4) is 11.5 Å². The van der Waals surface area contributed by atoms with Crippen LogP contribution in [0.4, 0.5) is 15.9 Å². The zero-order chi connectivity index (χ0) is 15.8. The third-order valence-corrected chi connectivity index (χ3v) is 3.70. The van der Waals surface area contributed by atoms with Crippen LogP contribution in [0.25, 0.3) is 17.1 Å². The van der Waals surface area contributed by atoms with E-state index < -0.39 is 0 Å². The summed E-state index contributed by atoms with van der Waals surface area (Å²) < 4.78 is 20.7. The second-order valence-electron chi connectivity index (χ2n) is 5.28. The Morgan fingerprint density at radius 3 is 2.61 bits per heavy atom. The second kappa shape index (κ2) is 5.28. The fraction of sp³-hybridized carbons (Fsp3) is 0.0556. The molecule has 0 aliphatic heterocycles. The monoisotopic (exact) mass is 307 g/mol. The molecule has 114 valence electrons. The molecule has 3 heterocycles. The van der Waals surface area contributed by atoms with E-state index >= 15 is 0 Å². The Bertz CT molecular complexity index is 956. The molecule has 0 bridgehead atoms. The maximum Gasteiger partial charge on any atom is 0.156 e. The fourth-order valence-electron chi connectivity index (χ4n) is 2.62. The molecule has 0 unspecified atom stereocenters. The average Bonchev–Trinajstić information content (AvgIpc) is 3.18. The fourth-order valence-corrected chi connectivity index (χ4v) is 2.62. The second-order valence-corrected chi connectivity index (χ2v) is 5.28. The van der Waals surface area contributed by atoms with Crippen molar-refractivity contribution in [2.24, 2.45) is 0 Å². The van der Waals surface area contributed by atoms with Crippen molar-refractivity contribution < 1.29 is 8.81 Å². The molecule has 0 radical (unpaired) electrons. The number of furan rings is 1. The highest BCUT2D eigenvalue weighted by Crippen LogP contribution is 2.32. The molecule has 23 heavy (non-hydrogen) atoms. The summed E-state index contributed by atoms with van der Waals surface area (Å²) in [7, 11) is 0. The van der Waals surface area contributed by atoms with Crippen molar-refractivity contribution in [2.45, 2.75) is 6.92 Å². The molecule has 0 saturated heterocycles. The Morgan fingerprint density at radius 1 is 1.04 bits per heavy atom. The predicted molar refractivity (Wildman–Crippen MR) is 87.3 cm³/mol. The largest absolute Gasteiger partial charge is 0.463 e. The molecule has 4 aromatic rings. The van der Waals surface area contributed by atoms with Crippen LogP contribution in [-0.4, -0.2) is 9.38 Å². The first-order valence-electron chi connectivity index (χ1n) is 7.27. The van der Waals surface area contributed by atoms with Gasteiger partial charge in [-0.15, -0.1) is 0 Å². The number of aryl methyl sites for hydroxylation is 1. The van der Waals surface area contributed by atoms with Gasteiger partial charge in [0.1, 0.15) is 23.0 Å². The van der Waals surface area contributed by atoms with Gasteiger partial charge in [-0.3, -0.25) is 4.40 Å². The van der Waals surface area contributed by atoms with E-state index in [1.165, 1.54) is 12.1 Å². The Hall–Kier alpha value is -3.08. The molecule has 0 atom stereocenters.